The van der Waals surface area contributed by atoms with Crippen LogP contribution >= 0.6 is 0 Å². The van der Waals surface area contributed by atoms with Gasteiger partial charge in [0, 0.05) is 29.1 Å². The van der Waals surface area contributed by atoms with Crippen LogP contribution in [0.4, 0.5) is 5.69 Å². The summed E-state index contributed by atoms with van der Waals surface area (Å²) in [4.78, 5) is 12.3. The van der Waals surface area contributed by atoms with Crippen LogP contribution in [0.1, 0.15) is 17.0 Å². The predicted molar refractivity (Wildman–Crippen MR) is 111 cm³/mol. The third-order valence-corrected chi connectivity index (χ3v) is 4.17. The highest BCUT2D eigenvalue weighted by molar-refractivity contribution is 6.02. The van der Waals surface area contributed by atoms with Crippen molar-refractivity contribution in [2.24, 2.45) is 0 Å². The van der Waals surface area contributed by atoms with Gasteiger partial charge in [-0.25, -0.2) is 4.68 Å². The molecule has 0 saturated heterocycles. The molecule has 0 atom stereocenters. The summed E-state index contributed by atoms with van der Waals surface area (Å²) in [5.74, 6) is 2.78. The number of ether oxygens (including phenoxy) is 1. The summed E-state index contributed by atoms with van der Waals surface area (Å²) in [7, 11) is 0. The van der Waals surface area contributed by atoms with Gasteiger partial charge in [0.05, 0.1) is 11.4 Å². The molecule has 1 aromatic heterocycles. The van der Waals surface area contributed by atoms with Gasteiger partial charge in [-0.15, -0.1) is 6.42 Å². The van der Waals surface area contributed by atoms with Gasteiger partial charge in [-0.1, -0.05) is 30.2 Å². The van der Waals surface area contributed by atoms with Gasteiger partial charge in [0.15, 0.2) is 0 Å². The van der Waals surface area contributed by atoms with Gasteiger partial charge in [-0.2, -0.15) is 5.10 Å². The van der Waals surface area contributed by atoms with E-state index in [1.165, 1.54) is 6.08 Å². The second-order valence-corrected chi connectivity index (χ2v) is 6.18. The zero-order valence-electron chi connectivity index (χ0n) is 15.8. The van der Waals surface area contributed by atoms with Crippen LogP contribution in [0.15, 0.2) is 60.7 Å². The fourth-order valence-electron chi connectivity index (χ4n) is 2.85. The van der Waals surface area contributed by atoms with E-state index < -0.39 is 0 Å². The Kier molecular flexibility index (Phi) is 5.93. The number of aromatic nitrogens is 2. The van der Waals surface area contributed by atoms with E-state index in [1.54, 1.807) is 30.3 Å². The monoisotopic (exact) mass is 371 g/mol. The van der Waals surface area contributed by atoms with E-state index in [4.69, 9.17) is 11.2 Å². The first-order valence-corrected chi connectivity index (χ1v) is 8.85. The van der Waals surface area contributed by atoms with E-state index in [1.807, 2.05) is 48.9 Å². The van der Waals surface area contributed by atoms with Crippen molar-refractivity contribution < 1.29 is 9.53 Å². The number of amides is 1. The third kappa shape index (κ3) is 4.49. The molecule has 0 aliphatic carbocycles. The van der Waals surface area contributed by atoms with E-state index in [9.17, 15) is 4.79 Å². The number of hydrogen-bond donors (Lipinski definition) is 1. The Morgan fingerprint density at radius 3 is 2.75 bits per heavy atom. The first-order chi connectivity index (χ1) is 13.6. The third-order valence-electron chi connectivity index (χ3n) is 4.17. The largest absolute Gasteiger partial charge is 0.481 e. The minimum absolute atomic E-state index is 0.182. The summed E-state index contributed by atoms with van der Waals surface area (Å²) in [6.45, 7) is 4.09. The summed E-state index contributed by atoms with van der Waals surface area (Å²) in [6.07, 6.45) is 8.48. The lowest BCUT2D eigenvalue weighted by Gasteiger charge is -2.06. The SMILES string of the molecule is C#CCOc1cccc(NC(=O)C=Cc2c(C)nn(-c3ccccc3)c2C)c1. The molecule has 0 bridgehead atoms. The lowest BCUT2D eigenvalue weighted by Crippen LogP contribution is -2.08. The summed E-state index contributed by atoms with van der Waals surface area (Å²) >= 11 is 0. The minimum Gasteiger partial charge on any atom is -0.481 e. The molecule has 0 aliphatic rings. The van der Waals surface area contributed by atoms with Crippen LogP contribution < -0.4 is 10.1 Å². The summed E-state index contributed by atoms with van der Waals surface area (Å²) in [6, 6.07) is 17.0. The Labute approximate surface area is 164 Å². The zero-order valence-corrected chi connectivity index (χ0v) is 15.8. The maximum absolute atomic E-state index is 12.3. The van der Waals surface area contributed by atoms with Gasteiger partial charge >= 0.3 is 0 Å². The Morgan fingerprint density at radius 1 is 1.21 bits per heavy atom. The van der Waals surface area contributed by atoms with E-state index in [0.29, 0.717) is 11.4 Å². The summed E-state index contributed by atoms with van der Waals surface area (Å²) in [5.41, 5.74) is 4.37. The van der Waals surface area contributed by atoms with E-state index in [0.717, 1.165) is 22.6 Å². The fraction of sp³-hybridized carbons (Fsp3) is 0.130. The molecule has 1 N–H and O–H groups in total. The number of para-hydroxylation sites is 1. The highest BCUT2D eigenvalue weighted by atomic mass is 16.5. The average Bonchev–Trinajstić information content (AvgIpc) is 2.99. The minimum atomic E-state index is -0.236. The first kappa shape index (κ1) is 19.0. The molecule has 3 rings (SSSR count). The smallest absolute Gasteiger partial charge is 0.248 e. The van der Waals surface area contributed by atoms with Crippen LogP contribution in [-0.4, -0.2) is 22.3 Å². The van der Waals surface area contributed by atoms with Crippen LogP contribution in [0, 0.1) is 26.2 Å². The molecule has 140 valence electrons. The van der Waals surface area contributed by atoms with Gasteiger partial charge < -0.3 is 10.1 Å². The number of anilines is 1. The van der Waals surface area contributed by atoms with Gasteiger partial charge in [0.1, 0.15) is 12.4 Å². The molecular formula is C23H21N3O2. The number of benzene rings is 2. The number of rotatable bonds is 6. The van der Waals surface area contributed by atoms with Gasteiger partial charge in [0.25, 0.3) is 0 Å². The van der Waals surface area contributed by atoms with Crippen LogP contribution in [-0.2, 0) is 4.79 Å². The number of nitrogens with one attached hydrogen (secondary N) is 1. The molecule has 1 amide bonds. The molecule has 5 heteroatoms. The molecule has 28 heavy (non-hydrogen) atoms. The van der Waals surface area contributed by atoms with Crippen LogP contribution in [0.5, 0.6) is 5.75 Å². The normalized spacial score (nSPS) is 10.6. The van der Waals surface area contributed by atoms with Crippen molar-refractivity contribution in [1.82, 2.24) is 9.78 Å². The molecule has 0 aliphatic heterocycles. The quantitative estimate of drug-likeness (QED) is 0.523. The number of hydrogen-bond acceptors (Lipinski definition) is 3. The first-order valence-electron chi connectivity index (χ1n) is 8.85. The topological polar surface area (TPSA) is 56.1 Å². The van der Waals surface area contributed by atoms with Gasteiger partial charge in [0.2, 0.25) is 5.91 Å². The molecule has 0 unspecified atom stereocenters. The Morgan fingerprint density at radius 2 is 2.00 bits per heavy atom. The number of aryl methyl sites for hydroxylation is 1. The predicted octanol–water partition coefficient (Wildman–Crippen LogP) is 4.15. The Hall–Kier alpha value is -3.78. The number of carbonyl (C=O) groups excluding carboxylic acids is 1. The van der Waals surface area contributed by atoms with Crippen molar-refractivity contribution in [3.63, 3.8) is 0 Å². The van der Waals surface area contributed by atoms with Crippen LogP contribution in [0.25, 0.3) is 11.8 Å². The van der Waals surface area contributed by atoms with Crippen LogP contribution in [0.3, 0.4) is 0 Å². The molecule has 3 aromatic rings. The van der Waals surface area contributed by atoms with Gasteiger partial charge in [-0.3, -0.25) is 4.79 Å². The molecule has 0 saturated carbocycles. The standard InChI is InChI=1S/C23H21N3O2/c1-4-15-28-21-12-8-9-19(16-21)24-23(27)14-13-22-17(2)25-26(18(22)3)20-10-6-5-7-11-20/h1,5-14,16H,15H2,2-3H3,(H,24,27). The molecule has 0 spiro atoms. The van der Waals surface area contributed by atoms with Gasteiger partial charge in [-0.05, 0) is 44.2 Å². The van der Waals surface area contributed by atoms with Crippen LogP contribution in [0.2, 0.25) is 0 Å². The number of terminal acetylenes is 1. The van der Waals surface area contributed by atoms with Crippen molar-refractivity contribution in [2.45, 2.75) is 13.8 Å². The highest BCUT2D eigenvalue weighted by Crippen LogP contribution is 2.20. The van der Waals surface area contributed by atoms with E-state index in [2.05, 4.69) is 16.3 Å². The highest BCUT2D eigenvalue weighted by Gasteiger charge is 2.10. The van der Waals surface area contributed by atoms with Crippen molar-refractivity contribution in [2.75, 3.05) is 11.9 Å². The zero-order chi connectivity index (χ0) is 19.9. The van der Waals surface area contributed by atoms with Crippen molar-refractivity contribution in [1.29, 1.82) is 0 Å². The molecule has 5 nitrogen and oxygen atoms in total. The molecule has 1 heterocycles. The van der Waals surface area contributed by atoms with Crippen molar-refractivity contribution in [3.8, 4) is 23.8 Å². The Balaban J connectivity index is 1.73. The Bertz CT molecular complexity index is 1040. The number of carbonyl (C=O) groups is 1. The summed E-state index contributed by atoms with van der Waals surface area (Å²) < 4.78 is 7.24. The lowest BCUT2D eigenvalue weighted by atomic mass is 10.2. The molecular weight excluding hydrogens is 350 g/mol. The average molecular weight is 371 g/mol. The lowest BCUT2D eigenvalue weighted by molar-refractivity contribution is -0.111. The maximum Gasteiger partial charge on any atom is 0.248 e. The number of nitrogens with zero attached hydrogens (tertiary/aromatic N) is 2. The van der Waals surface area contributed by atoms with Crippen molar-refractivity contribution >= 4 is 17.7 Å². The fourth-order valence-corrected chi connectivity index (χ4v) is 2.85. The maximum atomic E-state index is 12.3. The van der Waals surface area contributed by atoms with E-state index in [-0.39, 0.29) is 12.5 Å². The summed E-state index contributed by atoms with van der Waals surface area (Å²) in [5, 5.41) is 7.41. The van der Waals surface area contributed by atoms with E-state index >= 15 is 0 Å². The van der Waals surface area contributed by atoms with Crippen molar-refractivity contribution in [3.05, 3.63) is 77.6 Å². The molecule has 0 fully saturated rings. The second-order valence-electron chi connectivity index (χ2n) is 6.18. The second kappa shape index (κ2) is 8.74. The molecule has 2 aromatic carbocycles. The molecule has 0 radical (unpaired) electrons.